The SMILES string of the molecule is CN/C=C(\C=N)NC(=N)N. The van der Waals surface area contributed by atoms with Crippen LogP contribution in [-0.2, 0) is 0 Å². The van der Waals surface area contributed by atoms with Gasteiger partial charge < -0.3 is 21.8 Å². The third-order valence-corrected chi connectivity index (χ3v) is 0.734. The van der Waals surface area contributed by atoms with Gasteiger partial charge in [0, 0.05) is 19.5 Å². The van der Waals surface area contributed by atoms with Crippen LogP contribution in [0, 0.1) is 10.8 Å². The fourth-order valence-corrected chi connectivity index (χ4v) is 0.425. The van der Waals surface area contributed by atoms with E-state index in [1.165, 1.54) is 6.20 Å². The van der Waals surface area contributed by atoms with Crippen molar-refractivity contribution < 1.29 is 0 Å². The smallest absolute Gasteiger partial charge is 0.190 e. The molecule has 10 heavy (non-hydrogen) atoms. The molecule has 0 amide bonds. The summed E-state index contributed by atoms with van der Waals surface area (Å²) in [5.74, 6) is -0.176. The zero-order chi connectivity index (χ0) is 7.98. The van der Waals surface area contributed by atoms with E-state index in [0.717, 1.165) is 6.21 Å². The minimum absolute atomic E-state index is 0.176. The molecule has 0 saturated heterocycles. The molecule has 0 rings (SSSR count). The van der Waals surface area contributed by atoms with Crippen molar-refractivity contribution in [2.45, 2.75) is 0 Å². The summed E-state index contributed by atoms with van der Waals surface area (Å²) in [6.07, 6.45) is 2.60. The van der Waals surface area contributed by atoms with Gasteiger partial charge in [0.25, 0.3) is 0 Å². The van der Waals surface area contributed by atoms with Crippen molar-refractivity contribution in [3.8, 4) is 0 Å². The molecule has 0 aliphatic heterocycles. The molecule has 6 N–H and O–H groups in total. The summed E-state index contributed by atoms with van der Waals surface area (Å²) >= 11 is 0. The van der Waals surface area contributed by atoms with Gasteiger partial charge >= 0.3 is 0 Å². The van der Waals surface area contributed by atoms with Gasteiger partial charge in [0.1, 0.15) is 0 Å². The number of hydrogen-bond acceptors (Lipinski definition) is 3. The van der Waals surface area contributed by atoms with Crippen molar-refractivity contribution in [3.63, 3.8) is 0 Å². The van der Waals surface area contributed by atoms with Gasteiger partial charge in [0.15, 0.2) is 5.96 Å². The van der Waals surface area contributed by atoms with Crippen molar-refractivity contribution in [3.05, 3.63) is 11.9 Å². The molecule has 0 atom stereocenters. The van der Waals surface area contributed by atoms with Crippen LogP contribution in [0.1, 0.15) is 0 Å². The summed E-state index contributed by atoms with van der Waals surface area (Å²) in [6, 6.07) is 0. The predicted octanol–water partition coefficient (Wildman–Crippen LogP) is -0.820. The second-order valence-electron chi connectivity index (χ2n) is 1.57. The Balaban J connectivity index is 3.95. The Morgan fingerprint density at radius 3 is 2.50 bits per heavy atom. The number of nitrogens with one attached hydrogen (secondary N) is 4. The van der Waals surface area contributed by atoms with Crippen LogP contribution < -0.4 is 16.4 Å². The van der Waals surface area contributed by atoms with Crippen LogP contribution in [0.5, 0.6) is 0 Å². The standard InChI is InChI=1S/C5H11N5/c1-9-3-4(2-6)10-5(7)8/h2-3,6,9H,1H3,(H4,7,8,10)/b4-3+,6-2?. The number of hydrogen-bond donors (Lipinski definition) is 5. The van der Waals surface area contributed by atoms with Gasteiger partial charge in [-0.25, -0.2) is 0 Å². The first-order valence-corrected chi connectivity index (χ1v) is 2.69. The number of guanidine groups is 1. The van der Waals surface area contributed by atoms with E-state index in [0.29, 0.717) is 5.70 Å². The summed E-state index contributed by atoms with van der Waals surface area (Å²) in [5.41, 5.74) is 5.45. The average molecular weight is 141 g/mol. The van der Waals surface area contributed by atoms with Crippen molar-refractivity contribution in [2.75, 3.05) is 7.05 Å². The predicted molar refractivity (Wildman–Crippen MR) is 41.0 cm³/mol. The molecule has 0 aromatic carbocycles. The first-order chi connectivity index (χ1) is 4.70. The van der Waals surface area contributed by atoms with E-state index in [2.05, 4.69) is 10.6 Å². The Bertz CT molecular complexity index is 159. The Kier molecular flexibility index (Phi) is 3.70. The lowest BCUT2D eigenvalue weighted by Gasteiger charge is -2.01. The van der Waals surface area contributed by atoms with Crippen molar-refractivity contribution in [2.24, 2.45) is 5.73 Å². The molecule has 0 aliphatic carbocycles. The highest BCUT2D eigenvalue weighted by molar-refractivity contribution is 5.85. The normalized spacial score (nSPS) is 10.3. The van der Waals surface area contributed by atoms with Crippen molar-refractivity contribution >= 4 is 12.2 Å². The Morgan fingerprint density at radius 2 is 2.20 bits per heavy atom. The number of rotatable bonds is 3. The highest BCUT2D eigenvalue weighted by Gasteiger charge is 1.89. The minimum Gasteiger partial charge on any atom is -0.392 e. The molecule has 0 aliphatic rings. The Hall–Kier alpha value is -1.52. The monoisotopic (exact) mass is 141 g/mol. The molecular weight excluding hydrogens is 130 g/mol. The lowest BCUT2D eigenvalue weighted by molar-refractivity contribution is 1.04. The Labute approximate surface area is 59.3 Å². The molecule has 0 unspecified atom stereocenters. The van der Waals surface area contributed by atoms with Crippen LogP contribution in [-0.4, -0.2) is 19.2 Å². The molecule has 56 valence electrons. The van der Waals surface area contributed by atoms with Crippen LogP contribution in [0.2, 0.25) is 0 Å². The third-order valence-electron chi connectivity index (χ3n) is 0.734. The van der Waals surface area contributed by atoms with E-state index in [4.69, 9.17) is 16.6 Å². The van der Waals surface area contributed by atoms with Gasteiger partial charge in [-0.05, 0) is 0 Å². The molecule has 0 aromatic heterocycles. The van der Waals surface area contributed by atoms with E-state index in [-0.39, 0.29) is 5.96 Å². The van der Waals surface area contributed by atoms with E-state index in [9.17, 15) is 0 Å². The number of nitrogens with two attached hydrogens (primary N) is 1. The summed E-state index contributed by atoms with van der Waals surface area (Å²) in [4.78, 5) is 0. The molecule has 0 radical (unpaired) electrons. The van der Waals surface area contributed by atoms with Gasteiger partial charge in [-0.1, -0.05) is 0 Å². The Morgan fingerprint density at radius 1 is 1.60 bits per heavy atom. The van der Waals surface area contributed by atoms with Crippen molar-refractivity contribution in [1.82, 2.24) is 10.6 Å². The van der Waals surface area contributed by atoms with Crippen molar-refractivity contribution in [1.29, 1.82) is 10.8 Å². The molecule has 0 aromatic rings. The van der Waals surface area contributed by atoms with Gasteiger partial charge in [-0.2, -0.15) is 0 Å². The summed E-state index contributed by atoms with van der Waals surface area (Å²) < 4.78 is 0. The first kappa shape index (κ1) is 8.48. The van der Waals surface area contributed by atoms with Crippen LogP contribution in [0.4, 0.5) is 0 Å². The topological polar surface area (TPSA) is 97.8 Å². The van der Waals surface area contributed by atoms with Crippen LogP contribution in [0.15, 0.2) is 11.9 Å². The fraction of sp³-hybridized carbons (Fsp3) is 0.200. The minimum atomic E-state index is -0.176. The van der Waals surface area contributed by atoms with E-state index < -0.39 is 0 Å². The quantitative estimate of drug-likeness (QED) is 0.262. The lowest BCUT2D eigenvalue weighted by atomic mass is 10.5. The zero-order valence-corrected chi connectivity index (χ0v) is 5.73. The van der Waals surface area contributed by atoms with E-state index in [1.54, 1.807) is 7.05 Å². The summed E-state index contributed by atoms with van der Waals surface area (Å²) in [6.45, 7) is 0. The fourth-order valence-electron chi connectivity index (χ4n) is 0.425. The summed E-state index contributed by atoms with van der Waals surface area (Å²) in [7, 11) is 1.70. The van der Waals surface area contributed by atoms with Crippen LogP contribution in [0.3, 0.4) is 0 Å². The highest BCUT2D eigenvalue weighted by Crippen LogP contribution is 1.76. The highest BCUT2D eigenvalue weighted by atomic mass is 15.1. The second kappa shape index (κ2) is 4.37. The molecule has 0 fully saturated rings. The third kappa shape index (κ3) is 3.48. The molecule has 0 spiro atoms. The van der Waals surface area contributed by atoms with E-state index in [1.807, 2.05) is 0 Å². The zero-order valence-electron chi connectivity index (χ0n) is 5.73. The maximum atomic E-state index is 6.81. The van der Waals surface area contributed by atoms with Gasteiger partial charge in [-0.15, -0.1) is 0 Å². The van der Waals surface area contributed by atoms with E-state index >= 15 is 0 Å². The molecule has 5 nitrogen and oxygen atoms in total. The average Bonchev–Trinajstić information content (AvgIpc) is 1.86. The van der Waals surface area contributed by atoms with Crippen LogP contribution >= 0.6 is 0 Å². The van der Waals surface area contributed by atoms with Gasteiger partial charge in [0.05, 0.1) is 5.70 Å². The maximum absolute atomic E-state index is 6.81. The molecule has 5 heteroatoms. The number of allylic oxidation sites excluding steroid dienone is 1. The first-order valence-electron chi connectivity index (χ1n) is 2.69. The second-order valence-corrected chi connectivity index (χ2v) is 1.57. The molecule has 0 bridgehead atoms. The maximum Gasteiger partial charge on any atom is 0.190 e. The summed E-state index contributed by atoms with van der Waals surface area (Å²) in [5, 5.41) is 18.8. The molecule has 0 saturated carbocycles. The van der Waals surface area contributed by atoms with Gasteiger partial charge in [0.2, 0.25) is 0 Å². The molecule has 0 heterocycles. The largest absolute Gasteiger partial charge is 0.392 e. The molecular formula is C5H11N5. The van der Waals surface area contributed by atoms with Gasteiger partial charge in [-0.3, -0.25) is 5.41 Å². The van der Waals surface area contributed by atoms with Crippen LogP contribution in [0.25, 0.3) is 0 Å². The lowest BCUT2D eigenvalue weighted by Crippen LogP contribution is -2.30.